The Morgan fingerprint density at radius 3 is 2.14 bits per heavy atom. The predicted octanol–water partition coefficient (Wildman–Crippen LogP) is 1.88. The molecule has 0 atom stereocenters. The van der Waals surface area contributed by atoms with Crippen LogP contribution in [0.3, 0.4) is 0 Å². The predicted molar refractivity (Wildman–Crippen MR) is 103 cm³/mol. The van der Waals surface area contributed by atoms with E-state index in [1.54, 1.807) is 28.0 Å². The number of rotatable bonds is 8. The summed E-state index contributed by atoms with van der Waals surface area (Å²) in [6, 6.07) is 5.05. The Bertz CT molecular complexity index is 690. The molecule has 1 aliphatic rings. The highest BCUT2D eigenvalue weighted by Gasteiger charge is 2.30. The lowest BCUT2D eigenvalue weighted by Gasteiger charge is -2.34. The largest absolute Gasteiger partial charge is 0.497 e. The standard InChI is InChI=1S/C20H28N2O6/c1-4-21(10-7-18(23)24)19(25)14-5-8-22(9-6-14)20(26)15-11-16(27-2)13-17(12-15)28-3/h11-14H,4-10H2,1-3H3,(H,23,24). The Morgan fingerprint density at radius 1 is 1.11 bits per heavy atom. The van der Waals surface area contributed by atoms with Crippen LogP contribution >= 0.6 is 0 Å². The number of piperidine rings is 1. The number of carbonyl (C=O) groups excluding carboxylic acids is 2. The summed E-state index contributed by atoms with van der Waals surface area (Å²) in [5.41, 5.74) is 0.484. The first kappa shape index (κ1) is 21.5. The summed E-state index contributed by atoms with van der Waals surface area (Å²) in [5.74, 6) is -0.159. The van der Waals surface area contributed by atoms with E-state index in [9.17, 15) is 14.4 Å². The van der Waals surface area contributed by atoms with Crippen molar-refractivity contribution in [1.82, 2.24) is 9.80 Å². The molecule has 2 amide bonds. The number of benzene rings is 1. The van der Waals surface area contributed by atoms with Crippen LogP contribution in [0.1, 0.15) is 36.5 Å². The fourth-order valence-electron chi connectivity index (χ4n) is 3.36. The van der Waals surface area contributed by atoms with Gasteiger partial charge in [0, 0.05) is 43.7 Å². The van der Waals surface area contributed by atoms with Gasteiger partial charge in [0.15, 0.2) is 0 Å². The third-order valence-electron chi connectivity index (χ3n) is 5.02. The first-order valence-electron chi connectivity index (χ1n) is 9.42. The second-order valence-corrected chi connectivity index (χ2v) is 6.73. The van der Waals surface area contributed by atoms with Gasteiger partial charge in [-0.25, -0.2) is 0 Å². The molecule has 0 aromatic heterocycles. The number of aliphatic carboxylic acids is 1. The summed E-state index contributed by atoms with van der Waals surface area (Å²) in [6.07, 6.45) is 1.07. The number of carboxylic acid groups (broad SMARTS) is 1. The van der Waals surface area contributed by atoms with Crippen molar-refractivity contribution in [3.8, 4) is 11.5 Å². The summed E-state index contributed by atoms with van der Waals surface area (Å²) in [5, 5.41) is 8.83. The Hall–Kier alpha value is -2.77. The Balaban J connectivity index is 1.98. The van der Waals surface area contributed by atoms with Crippen molar-refractivity contribution >= 4 is 17.8 Å². The summed E-state index contributed by atoms with van der Waals surface area (Å²) in [6.45, 7) is 3.49. The molecule has 0 spiro atoms. The van der Waals surface area contributed by atoms with E-state index in [2.05, 4.69) is 0 Å². The highest BCUT2D eigenvalue weighted by Crippen LogP contribution is 2.26. The van der Waals surface area contributed by atoms with Crippen molar-refractivity contribution in [1.29, 1.82) is 0 Å². The van der Waals surface area contributed by atoms with Crippen LogP contribution in [0.4, 0.5) is 0 Å². The van der Waals surface area contributed by atoms with E-state index in [4.69, 9.17) is 14.6 Å². The minimum Gasteiger partial charge on any atom is -0.497 e. The Morgan fingerprint density at radius 2 is 1.68 bits per heavy atom. The fraction of sp³-hybridized carbons (Fsp3) is 0.550. The van der Waals surface area contributed by atoms with E-state index in [1.165, 1.54) is 14.2 Å². The molecule has 1 fully saturated rings. The molecule has 0 radical (unpaired) electrons. The van der Waals surface area contributed by atoms with Crippen LogP contribution in [0.2, 0.25) is 0 Å². The zero-order chi connectivity index (χ0) is 20.7. The molecule has 1 aliphatic heterocycles. The molecule has 0 unspecified atom stereocenters. The van der Waals surface area contributed by atoms with Gasteiger partial charge in [-0.3, -0.25) is 14.4 Å². The van der Waals surface area contributed by atoms with Crippen LogP contribution in [0, 0.1) is 5.92 Å². The lowest BCUT2D eigenvalue weighted by molar-refractivity contribution is -0.140. The van der Waals surface area contributed by atoms with E-state index < -0.39 is 5.97 Å². The molecular weight excluding hydrogens is 364 g/mol. The molecule has 28 heavy (non-hydrogen) atoms. The summed E-state index contributed by atoms with van der Waals surface area (Å²) in [7, 11) is 3.06. The topological polar surface area (TPSA) is 96.4 Å². The van der Waals surface area contributed by atoms with Crippen LogP contribution in [0.15, 0.2) is 18.2 Å². The molecule has 0 saturated carbocycles. The van der Waals surface area contributed by atoms with Gasteiger partial charge in [-0.1, -0.05) is 0 Å². The molecule has 154 valence electrons. The van der Waals surface area contributed by atoms with E-state index in [1.807, 2.05) is 6.92 Å². The molecule has 1 heterocycles. The van der Waals surface area contributed by atoms with Gasteiger partial charge in [0.25, 0.3) is 5.91 Å². The first-order chi connectivity index (χ1) is 13.4. The van der Waals surface area contributed by atoms with E-state index >= 15 is 0 Å². The van der Waals surface area contributed by atoms with E-state index in [0.717, 1.165) is 0 Å². The molecule has 8 nitrogen and oxygen atoms in total. The van der Waals surface area contributed by atoms with Gasteiger partial charge in [-0.15, -0.1) is 0 Å². The third-order valence-corrected chi connectivity index (χ3v) is 5.02. The van der Waals surface area contributed by atoms with Crippen molar-refractivity contribution in [3.63, 3.8) is 0 Å². The number of nitrogens with zero attached hydrogens (tertiary/aromatic N) is 2. The molecule has 0 aliphatic carbocycles. The van der Waals surface area contributed by atoms with Gasteiger partial charge in [0.2, 0.25) is 5.91 Å². The van der Waals surface area contributed by atoms with Crippen LogP contribution in [-0.2, 0) is 9.59 Å². The zero-order valence-corrected chi connectivity index (χ0v) is 16.6. The highest BCUT2D eigenvalue weighted by atomic mass is 16.5. The van der Waals surface area contributed by atoms with Gasteiger partial charge >= 0.3 is 5.97 Å². The normalized spacial score (nSPS) is 14.5. The average molecular weight is 392 g/mol. The van der Waals surface area contributed by atoms with Crippen LogP contribution in [0.5, 0.6) is 11.5 Å². The second kappa shape index (κ2) is 9.96. The highest BCUT2D eigenvalue weighted by molar-refractivity contribution is 5.95. The SMILES string of the molecule is CCN(CCC(=O)O)C(=O)C1CCN(C(=O)c2cc(OC)cc(OC)c2)CC1. The van der Waals surface area contributed by atoms with Gasteiger partial charge in [-0.05, 0) is 31.9 Å². The Labute approximate surface area is 165 Å². The average Bonchev–Trinajstić information content (AvgIpc) is 2.72. The van der Waals surface area contributed by atoms with Crippen molar-refractivity contribution in [3.05, 3.63) is 23.8 Å². The molecule has 1 aromatic carbocycles. The third kappa shape index (κ3) is 5.37. The number of methoxy groups -OCH3 is 2. The van der Waals surface area contributed by atoms with Crippen LogP contribution in [-0.4, -0.2) is 73.1 Å². The zero-order valence-electron chi connectivity index (χ0n) is 16.6. The smallest absolute Gasteiger partial charge is 0.305 e. The van der Waals surface area contributed by atoms with Gasteiger partial charge in [0.05, 0.1) is 20.6 Å². The number of amides is 2. The summed E-state index contributed by atoms with van der Waals surface area (Å²) < 4.78 is 10.4. The van der Waals surface area contributed by atoms with Crippen molar-refractivity contribution < 1.29 is 29.0 Å². The number of likely N-dealkylation sites (tertiary alicyclic amines) is 1. The number of carbonyl (C=O) groups is 3. The molecule has 1 saturated heterocycles. The minimum atomic E-state index is -0.916. The maximum Gasteiger partial charge on any atom is 0.305 e. The number of hydrogen-bond acceptors (Lipinski definition) is 5. The quantitative estimate of drug-likeness (QED) is 0.726. The lowest BCUT2D eigenvalue weighted by atomic mass is 9.94. The van der Waals surface area contributed by atoms with Crippen molar-refractivity contribution in [2.45, 2.75) is 26.2 Å². The molecule has 2 rings (SSSR count). The van der Waals surface area contributed by atoms with E-state index in [-0.39, 0.29) is 30.7 Å². The maximum absolute atomic E-state index is 12.8. The number of ether oxygens (including phenoxy) is 2. The first-order valence-corrected chi connectivity index (χ1v) is 9.42. The number of hydrogen-bond donors (Lipinski definition) is 1. The second-order valence-electron chi connectivity index (χ2n) is 6.73. The monoisotopic (exact) mass is 392 g/mol. The summed E-state index contributed by atoms with van der Waals surface area (Å²) >= 11 is 0. The van der Waals surface area contributed by atoms with E-state index in [0.29, 0.717) is 49.5 Å². The Kier molecular flexibility index (Phi) is 7.66. The van der Waals surface area contributed by atoms with Gasteiger partial charge < -0.3 is 24.4 Å². The molecule has 0 bridgehead atoms. The lowest BCUT2D eigenvalue weighted by Crippen LogP contribution is -2.44. The fourth-order valence-corrected chi connectivity index (χ4v) is 3.36. The maximum atomic E-state index is 12.8. The van der Waals surface area contributed by atoms with Crippen LogP contribution in [0.25, 0.3) is 0 Å². The van der Waals surface area contributed by atoms with Gasteiger partial charge in [-0.2, -0.15) is 0 Å². The minimum absolute atomic E-state index is 0.0288. The van der Waals surface area contributed by atoms with Crippen molar-refractivity contribution in [2.75, 3.05) is 40.4 Å². The van der Waals surface area contributed by atoms with Crippen LogP contribution < -0.4 is 9.47 Å². The molecule has 1 aromatic rings. The summed E-state index contributed by atoms with van der Waals surface area (Å²) in [4.78, 5) is 39.6. The molecule has 8 heteroatoms. The van der Waals surface area contributed by atoms with Gasteiger partial charge in [0.1, 0.15) is 11.5 Å². The van der Waals surface area contributed by atoms with Crippen molar-refractivity contribution in [2.24, 2.45) is 5.92 Å². The molecule has 1 N–H and O–H groups in total. The number of carboxylic acids is 1. The molecular formula is C20H28N2O6.